The van der Waals surface area contributed by atoms with Crippen molar-refractivity contribution < 1.29 is 28.9 Å². The minimum absolute atomic E-state index is 0.00387. The predicted molar refractivity (Wildman–Crippen MR) is 94.1 cm³/mol. The van der Waals surface area contributed by atoms with Crippen LogP contribution < -0.4 is 10.1 Å². The quantitative estimate of drug-likeness (QED) is 0.451. The predicted octanol–water partition coefficient (Wildman–Crippen LogP) is 2.45. The molecule has 0 unspecified atom stereocenters. The Hall–Kier alpha value is -4.02. The number of benzene rings is 2. The Kier molecular flexibility index (Phi) is 5.16. The standard InChI is InChI=1S/C17H13N3O8/c21-16-14(28-15-9-12(20(25)26)4-5-13(15)18-16)6-7-27-17(22)10-2-1-3-11(8-10)19(23)24/h1-5,8-9,14H,6-7H2,(H,18,21)/t14-/m1/s1. The normalized spacial score (nSPS) is 15.0. The first-order valence-electron chi connectivity index (χ1n) is 8.02. The van der Waals surface area contributed by atoms with E-state index in [-0.39, 0.29) is 35.7 Å². The average molecular weight is 387 g/mol. The molecule has 3 rings (SSSR count). The maximum atomic E-state index is 12.1. The number of non-ortho nitro benzene ring substituents is 2. The summed E-state index contributed by atoms with van der Waals surface area (Å²) in [5.74, 6) is -1.12. The Balaban J connectivity index is 1.60. The van der Waals surface area contributed by atoms with Crippen LogP contribution in [0, 0.1) is 20.2 Å². The van der Waals surface area contributed by atoms with Crippen LogP contribution in [0.5, 0.6) is 5.75 Å². The number of nitro groups is 2. The Morgan fingerprint density at radius 1 is 1.11 bits per heavy atom. The highest BCUT2D eigenvalue weighted by atomic mass is 16.6. The highest BCUT2D eigenvalue weighted by molar-refractivity contribution is 5.98. The molecule has 1 atom stereocenters. The molecule has 0 spiro atoms. The van der Waals surface area contributed by atoms with Crippen LogP contribution in [0.15, 0.2) is 42.5 Å². The number of hydrogen-bond donors (Lipinski definition) is 1. The summed E-state index contributed by atoms with van der Waals surface area (Å²) in [4.78, 5) is 44.4. The van der Waals surface area contributed by atoms with E-state index in [0.717, 1.165) is 6.07 Å². The SMILES string of the molecule is O=C(OCC[C@H]1Oc2cc([N+](=O)[O-])ccc2NC1=O)c1cccc([N+](=O)[O-])c1. The van der Waals surface area contributed by atoms with Gasteiger partial charge >= 0.3 is 5.97 Å². The molecule has 0 radical (unpaired) electrons. The molecule has 11 heteroatoms. The lowest BCUT2D eigenvalue weighted by atomic mass is 10.1. The highest BCUT2D eigenvalue weighted by Gasteiger charge is 2.29. The lowest BCUT2D eigenvalue weighted by Crippen LogP contribution is -2.38. The van der Waals surface area contributed by atoms with Gasteiger partial charge < -0.3 is 14.8 Å². The highest BCUT2D eigenvalue weighted by Crippen LogP contribution is 2.33. The second-order valence-electron chi connectivity index (χ2n) is 5.77. The summed E-state index contributed by atoms with van der Waals surface area (Å²) < 4.78 is 10.5. The van der Waals surface area contributed by atoms with Gasteiger partial charge in [0.15, 0.2) is 11.9 Å². The number of carbonyl (C=O) groups is 2. The molecule has 0 saturated heterocycles. The van der Waals surface area contributed by atoms with E-state index in [2.05, 4.69) is 5.32 Å². The number of carbonyl (C=O) groups excluding carboxylic acids is 2. The first kappa shape index (κ1) is 18.8. The van der Waals surface area contributed by atoms with Gasteiger partial charge in [-0.3, -0.25) is 25.0 Å². The number of esters is 1. The van der Waals surface area contributed by atoms with Crippen molar-refractivity contribution >= 4 is 28.9 Å². The van der Waals surface area contributed by atoms with Gasteiger partial charge in [0.25, 0.3) is 17.3 Å². The van der Waals surface area contributed by atoms with Crippen LogP contribution in [-0.2, 0) is 9.53 Å². The van der Waals surface area contributed by atoms with Crippen molar-refractivity contribution in [1.82, 2.24) is 0 Å². The lowest BCUT2D eigenvalue weighted by molar-refractivity contribution is -0.385. The Morgan fingerprint density at radius 2 is 1.82 bits per heavy atom. The number of nitrogens with zero attached hydrogens (tertiary/aromatic N) is 2. The van der Waals surface area contributed by atoms with E-state index in [1.807, 2.05) is 0 Å². The minimum atomic E-state index is -1.01. The maximum Gasteiger partial charge on any atom is 0.338 e. The molecule has 1 aliphatic rings. The zero-order chi connectivity index (χ0) is 20.3. The van der Waals surface area contributed by atoms with E-state index in [4.69, 9.17) is 9.47 Å². The van der Waals surface area contributed by atoms with Gasteiger partial charge in [-0.1, -0.05) is 6.07 Å². The Bertz CT molecular complexity index is 975. The zero-order valence-corrected chi connectivity index (χ0v) is 14.2. The van der Waals surface area contributed by atoms with E-state index < -0.39 is 27.8 Å². The molecule has 11 nitrogen and oxygen atoms in total. The summed E-state index contributed by atoms with van der Waals surface area (Å²) in [6.45, 7) is -0.191. The fourth-order valence-electron chi connectivity index (χ4n) is 2.52. The van der Waals surface area contributed by atoms with Gasteiger partial charge in [-0.25, -0.2) is 4.79 Å². The monoisotopic (exact) mass is 387 g/mol. The summed E-state index contributed by atoms with van der Waals surface area (Å²) in [6.07, 6.45) is -1.01. The average Bonchev–Trinajstić information content (AvgIpc) is 2.67. The smallest absolute Gasteiger partial charge is 0.338 e. The van der Waals surface area contributed by atoms with E-state index >= 15 is 0 Å². The molecule has 0 fully saturated rings. The summed E-state index contributed by atoms with van der Waals surface area (Å²) in [7, 11) is 0. The molecule has 1 amide bonds. The number of ether oxygens (including phenoxy) is 2. The number of rotatable bonds is 6. The fourth-order valence-corrected chi connectivity index (χ4v) is 2.52. The van der Waals surface area contributed by atoms with Gasteiger partial charge in [-0.15, -0.1) is 0 Å². The molecule has 1 aliphatic heterocycles. The van der Waals surface area contributed by atoms with Crippen LogP contribution in [0.25, 0.3) is 0 Å². The molecule has 0 aliphatic carbocycles. The number of fused-ring (bicyclic) bond motifs is 1. The lowest BCUT2D eigenvalue weighted by Gasteiger charge is -2.25. The first-order valence-corrected chi connectivity index (χ1v) is 8.02. The van der Waals surface area contributed by atoms with Crippen molar-refractivity contribution in [3.05, 3.63) is 68.3 Å². The van der Waals surface area contributed by atoms with Crippen molar-refractivity contribution in [2.75, 3.05) is 11.9 Å². The van der Waals surface area contributed by atoms with Gasteiger partial charge in [-0.05, 0) is 12.1 Å². The number of amides is 1. The summed E-state index contributed by atoms with van der Waals surface area (Å²) >= 11 is 0. The molecule has 1 heterocycles. The topological polar surface area (TPSA) is 151 Å². The van der Waals surface area contributed by atoms with Crippen LogP contribution in [0.1, 0.15) is 16.8 Å². The first-order chi connectivity index (χ1) is 13.3. The zero-order valence-electron chi connectivity index (χ0n) is 14.2. The summed E-state index contributed by atoms with van der Waals surface area (Å²) in [6, 6.07) is 8.85. The molecule has 2 aromatic rings. The van der Waals surface area contributed by atoms with E-state index in [9.17, 15) is 29.8 Å². The van der Waals surface area contributed by atoms with Gasteiger partial charge in [0.05, 0.1) is 33.8 Å². The van der Waals surface area contributed by atoms with Gasteiger partial charge in [0, 0.05) is 24.6 Å². The second kappa shape index (κ2) is 7.70. The third kappa shape index (κ3) is 4.03. The molecule has 0 bridgehead atoms. The Labute approximate surface area is 157 Å². The van der Waals surface area contributed by atoms with Crippen LogP contribution in [0.4, 0.5) is 17.1 Å². The van der Waals surface area contributed by atoms with E-state index in [0.29, 0.717) is 5.69 Å². The summed E-state index contributed by atoms with van der Waals surface area (Å²) in [5.41, 5.74) is -0.127. The molecule has 2 aromatic carbocycles. The third-order valence-corrected chi connectivity index (χ3v) is 3.90. The van der Waals surface area contributed by atoms with Crippen molar-refractivity contribution in [1.29, 1.82) is 0 Å². The largest absolute Gasteiger partial charge is 0.478 e. The van der Waals surface area contributed by atoms with Crippen LogP contribution in [-0.4, -0.2) is 34.4 Å². The van der Waals surface area contributed by atoms with E-state index in [1.165, 1.54) is 36.4 Å². The third-order valence-electron chi connectivity index (χ3n) is 3.90. The number of nitrogens with one attached hydrogen (secondary N) is 1. The van der Waals surface area contributed by atoms with Gasteiger partial charge in [-0.2, -0.15) is 0 Å². The number of nitro benzene ring substituents is 2. The minimum Gasteiger partial charge on any atom is -0.478 e. The van der Waals surface area contributed by atoms with Gasteiger partial charge in [0.2, 0.25) is 0 Å². The van der Waals surface area contributed by atoms with Crippen LogP contribution in [0.2, 0.25) is 0 Å². The van der Waals surface area contributed by atoms with Crippen molar-refractivity contribution in [2.24, 2.45) is 0 Å². The van der Waals surface area contributed by atoms with E-state index in [1.54, 1.807) is 0 Å². The Morgan fingerprint density at radius 3 is 2.54 bits per heavy atom. The molecule has 1 N–H and O–H groups in total. The van der Waals surface area contributed by atoms with Crippen LogP contribution >= 0.6 is 0 Å². The molecule has 0 saturated carbocycles. The molecular weight excluding hydrogens is 374 g/mol. The molecule has 0 aromatic heterocycles. The second-order valence-corrected chi connectivity index (χ2v) is 5.77. The van der Waals surface area contributed by atoms with Crippen molar-refractivity contribution in [3.63, 3.8) is 0 Å². The van der Waals surface area contributed by atoms with Crippen LogP contribution in [0.3, 0.4) is 0 Å². The molecule has 144 valence electrons. The molecular formula is C17H13N3O8. The maximum absolute atomic E-state index is 12.1. The van der Waals surface area contributed by atoms with Crippen molar-refractivity contribution in [3.8, 4) is 5.75 Å². The number of anilines is 1. The molecule has 28 heavy (non-hydrogen) atoms. The number of hydrogen-bond acceptors (Lipinski definition) is 8. The van der Waals surface area contributed by atoms with Gasteiger partial charge in [0.1, 0.15) is 0 Å². The van der Waals surface area contributed by atoms with Crippen molar-refractivity contribution in [2.45, 2.75) is 12.5 Å². The fraction of sp³-hybridized carbons (Fsp3) is 0.176. The summed E-state index contributed by atoms with van der Waals surface area (Å²) in [5, 5.41) is 24.2.